The van der Waals surface area contributed by atoms with Crippen molar-refractivity contribution in [1.82, 2.24) is 5.48 Å². The van der Waals surface area contributed by atoms with Crippen LogP contribution >= 0.6 is 11.6 Å². The molecule has 3 N–H and O–H groups in total. The van der Waals surface area contributed by atoms with Crippen molar-refractivity contribution in [3.63, 3.8) is 0 Å². The molecule has 0 spiro atoms. The van der Waals surface area contributed by atoms with Crippen LogP contribution in [0, 0.1) is 0 Å². The lowest BCUT2D eigenvalue weighted by atomic mass is 10.2. The summed E-state index contributed by atoms with van der Waals surface area (Å²) >= 11 is 5.89. The second-order valence-corrected chi connectivity index (χ2v) is 4.98. The van der Waals surface area contributed by atoms with Crippen LogP contribution in [0.5, 0.6) is 5.75 Å². The number of phenols is 1. The molecule has 0 bridgehead atoms. The second-order valence-electron chi connectivity index (χ2n) is 4.54. The van der Waals surface area contributed by atoms with Crippen molar-refractivity contribution in [2.75, 3.05) is 0 Å². The van der Waals surface area contributed by atoms with Crippen molar-refractivity contribution in [3.05, 3.63) is 59.1 Å². The molecular formula is C16H15ClN4O2. The van der Waals surface area contributed by atoms with Crippen LogP contribution in [-0.4, -0.2) is 28.1 Å². The number of nitrogens with one attached hydrogen (secondary N) is 1. The van der Waals surface area contributed by atoms with Gasteiger partial charge in [-0.3, -0.25) is 10.7 Å². The second kappa shape index (κ2) is 8.07. The van der Waals surface area contributed by atoms with E-state index in [0.29, 0.717) is 22.0 Å². The quantitative estimate of drug-likeness (QED) is 0.455. The number of hydrogen-bond donors (Lipinski definition) is 3. The van der Waals surface area contributed by atoms with Crippen molar-refractivity contribution in [3.8, 4) is 5.75 Å². The first-order valence-corrected chi connectivity index (χ1v) is 7.08. The summed E-state index contributed by atoms with van der Waals surface area (Å²) in [5.74, 6) is 0.249. The number of aliphatic imine (C=N–C) groups is 1. The van der Waals surface area contributed by atoms with Crippen LogP contribution in [0.25, 0.3) is 0 Å². The molecule has 0 unspecified atom stereocenters. The zero-order valence-electron chi connectivity index (χ0n) is 12.3. The summed E-state index contributed by atoms with van der Waals surface area (Å²) in [6, 6.07) is 13.6. The Morgan fingerprint density at radius 2 is 1.96 bits per heavy atom. The first-order chi connectivity index (χ1) is 11.1. The molecule has 7 heteroatoms. The van der Waals surface area contributed by atoms with Crippen LogP contribution in [-0.2, 0) is 0 Å². The number of phenolic OH excluding ortho intramolecular Hbond substituents is 1. The molecule has 2 rings (SSSR count). The molecule has 0 atom stereocenters. The third-order valence-corrected chi connectivity index (χ3v) is 3.07. The monoisotopic (exact) mass is 330 g/mol. The van der Waals surface area contributed by atoms with Crippen LogP contribution < -0.4 is 5.48 Å². The minimum absolute atomic E-state index is 0.109. The number of nitrogens with zero attached hydrogens (tertiary/aromatic N) is 3. The molecule has 0 fully saturated rings. The van der Waals surface area contributed by atoms with E-state index in [1.165, 1.54) is 6.21 Å². The lowest BCUT2D eigenvalue weighted by Crippen LogP contribution is -2.26. The number of rotatable bonds is 4. The highest BCUT2D eigenvalue weighted by Crippen LogP contribution is 2.18. The van der Waals surface area contributed by atoms with E-state index < -0.39 is 0 Å². The van der Waals surface area contributed by atoms with E-state index in [-0.39, 0.29) is 11.6 Å². The molecule has 23 heavy (non-hydrogen) atoms. The fourth-order valence-electron chi connectivity index (χ4n) is 1.68. The Hall–Kier alpha value is -2.70. The molecule has 0 heterocycles. The maximum absolute atomic E-state index is 9.62. The normalized spacial score (nSPS) is 12.7. The molecule has 0 saturated heterocycles. The molecular weight excluding hydrogens is 316 g/mol. The van der Waals surface area contributed by atoms with E-state index in [1.807, 2.05) is 5.48 Å². The van der Waals surface area contributed by atoms with Crippen LogP contribution in [0.1, 0.15) is 12.5 Å². The highest BCUT2D eigenvalue weighted by atomic mass is 35.5. The highest BCUT2D eigenvalue weighted by Gasteiger charge is 2.03. The van der Waals surface area contributed by atoms with Gasteiger partial charge in [-0.15, -0.1) is 0 Å². The van der Waals surface area contributed by atoms with Gasteiger partial charge in [-0.1, -0.05) is 29.8 Å². The average molecular weight is 331 g/mol. The molecule has 6 nitrogen and oxygen atoms in total. The van der Waals surface area contributed by atoms with Gasteiger partial charge in [-0.05, 0) is 37.3 Å². The summed E-state index contributed by atoms with van der Waals surface area (Å²) in [4.78, 5) is 4.20. The third kappa shape index (κ3) is 4.91. The van der Waals surface area contributed by atoms with Crippen molar-refractivity contribution >= 4 is 35.1 Å². The number of hydrogen-bond acceptors (Lipinski definition) is 5. The van der Waals surface area contributed by atoms with E-state index >= 15 is 0 Å². The predicted molar refractivity (Wildman–Crippen MR) is 92.3 cm³/mol. The van der Waals surface area contributed by atoms with E-state index in [4.69, 9.17) is 11.6 Å². The SMILES string of the molecule is C/C(=N\N=C\c1ccccc1O)C(=Nc1cccc(Cl)c1)NO. The summed E-state index contributed by atoms with van der Waals surface area (Å²) in [7, 11) is 0. The van der Waals surface area contributed by atoms with E-state index in [9.17, 15) is 10.3 Å². The molecule has 2 aromatic carbocycles. The van der Waals surface area contributed by atoms with Gasteiger partial charge in [0.15, 0.2) is 5.84 Å². The minimum atomic E-state index is 0.109. The maximum Gasteiger partial charge on any atom is 0.173 e. The van der Waals surface area contributed by atoms with Gasteiger partial charge in [0, 0.05) is 10.6 Å². The number of halogens is 1. The van der Waals surface area contributed by atoms with Crippen LogP contribution in [0.3, 0.4) is 0 Å². The van der Waals surface area contributed by atoms with Crippen molar-refractivity contribution < 1.29 is 10.3 Å². The summed E-state index contributed by atoms with van der Waals surface area (Å²) in [6.07, 6.45) is 1.41. The van der Waals surface area contributed by atoms with Crippen molar-refractivity contribution in [2.24, 2.45) is 15.2 Å². The standard InChI is InChI=1S/C16H15ClN4O2/c1-11(20-18-10-12-5-2-3-8-15(12)22)16(21-23)19-14-7-4-6-13(17)9-14/h2-10,22-23H,1H3,(H,19,21)/b18-10+,20-11+. The van der Waals surface area contributed by atoms with Crippen molar-refractivity contribution in [2.45, 2.75) is 6.92 Å². The summed E-state index contributed by atoms with van der Waals surface area (Å²) in [5.41, 5.74) is 3.44. The van der Waals surface area contributed by atoms with Gasteiger partial charge in [0.1, 0.15) is 11.5 Å². The summed E-state index contributed by atoms with van der Waals surface area (Å²) in [6.45, 7) is 1.63. The molecule has 0 aliphatic heterocycles. The first-order valence-electron chi connectivity index (χ1n) is 6.70. The van der Waals surface area contributed by atoms with Gasteiger partial charge in [-0.25, -0.2) is 4.99 Å². The Kier molecular flexibility index (Phi) is 5.85. The summed E-state index contributed by atoms with van der Waals surface area (Å²) < 4.78 is 0. The number of para-hydroxylation sites is 1. The largest absolute Gasteiger partial charge is 0.507 e. The Bertz CT molecular complexity index is 772. The van der Waals surface area contributed by atoms with E-state index in [2.05, 4.69) is 15.2 Å². The van der Waals surface area contributed by atoms with Gasteiger partial charge >= 0.3 is 0 Å². The average Bonchev–Trinajstić information content (AvgIpc) is 2.54. The smallest absolute Gasteiger partial charge is 0.173 e. The number of aromatic hydroxyl groups is 1. The Morgan fingerprint density at radius 1 is 1.17 bits per heavy atom. The van der Waals surface area contributed by atoms with E-state index in [0.717, 1.165) is 0 Å². The molecule has 0 aliphatic carbocycles. The molecule has 2 aromatic rings. The van der Waals surface area contributed by atoms with Crippen LogP contribution in [0.2, 0.25) is 5.02 Å². The minimum Gasteiger partial charge on any atom is -0.507 e. The zero-order chi connectivity index (χ0) is 16.7. The predicted octanol–water partition coefficient (Wildman–Crippen LogP) is 3.55. The Labute approximate surface area is 138 Å². The topological polar surface area (TPSA) is 89.6 Å². The van der Waals surface area contributed by atoms with Crippen LogP contribution in [0.4, 0.5) is 5.69 Å². The molecule has 0 radical (unpaired) electrons. The zero-order valence-corrected chi connectivity index (χ0v) is 13.1. The highest BCUT2D eigenvalue weighted by molar-refractivity contribution is 6.40. The van der Waals surface area contributed by atoms with E-state index in [1.54, 1.807) is 55.5 Å². The maximum atomic E-state index is 9.62. The Morgan fingerprint density at radius 3 is 2.65 bits per heavy atom. The Balaban J connectivity index is 2.19. The third-order valence-electron chi connectivity index (χ3n) is 2.84. The molecule has 0 aromatic heterocycles. The van der Waals surface area contributed by atoms with Gasteiger partial charge < -0.3 is 5.11 Å². The summed E-state index contributed by atoms with van der Waals surface area (Å²) in [5, 5.41) is 27.2. The van der Waals surface area contributed by atoms with Crippen molar-refractivity contribution in [1.29, 1.82) is 0 Å². The lowest BCUT2D eigenvalue weighted by molar-refractivity contribution is 0.236. The lowest BCUT2D eigenvalue weighted by Gasteiger charge is -2.03. The van der Waals surface area contributed by atoms with Gasteiger partial charge in [-0.2, -0.15) is 10.2 Å². The molecule has 118 valence electrons. The van der Waals surface area contributed by atoms with Gasteiger partial charge in [0.25, 0.3) is 0 Å². The fourth-order valence-corrected chi connectivity index (χ4v) is 1.87. The van der Waals surface area contributed by atoms with Gasteiger partial charge in [0.2, 0.25) is 0 Å². The number of amidine groups is 1. The molecule has 0 saturated carbocycles. The van der Waals surface area contributed by atoms with Gasteiger partial charge in [0.05, 0.1) is 11.9 Å². The first kappa shape index (κ1) is 16.7. The van der Waals surface area contributed by atoms with Crippen LogP contribution in [0.15, 0.2) is 63.7 Å². The molecule has 0 amide bonds. The number of benzene rings is 2. The number of hydroxylamine groups is 1. The fraction of sp³-hybridized carbons (Fsp3) is 0.0625. The molecule has 0 aliphatic rings.